The van der Waals surface area contributed by atoms with Crippen molar-refractivity contribution in [1.29, 1.82) is 0 Å². The van der Waals surface area contributed by atoms with Gasteiger partial charge in [0.25, 0.3) is 5.91 Å². The molecule has 1 atom stereocenters. The van der Waals surface area contributed by atoms with Gasteiger partial charge in [-0.15, -0.1) is 0 Å². The SMILES string of the molecule is CC(C)C[C@@H]1N=C2c3ccccc3N=C(SCC(=O)NCc3ccccc3)N2C1=O. The molecule has 0 aromatic heterocycles. The molecule has 0 bridgehead atoms. The summed E-state index contributed by atoms with van der Waals surface area (Å²) < 4.78 is 0. The summed E-state index contributed by atoms with van der Waals surface area (Å²) in [7, 11) is 0. The van der Waals surface area contributed by atoms with Crippen LogP contribution in [-0.4, -0.2) is 39.5 Å². The molecule has 7 heteroatoms. The molecule has 0 aliphatic carbocycles. The molecule has 2 aliphatic rings. The van der Waals surface area contributed by atoms with Gasteiger partial charge >= 0.3 is 0 Å². The summed E-state index contributed by atoms with van der Waals surface area (Å²) >= 11 is 1.27. The third-order valence-electron chi connectivity index (χ3n) is 4.91. The third-order valence-corrected chi connectivity index (χ3v) is 5.85. The fraction of sp³-hybridized carbons (Fsp3) is 0.304. The lowest BCUT2D eigenvalue weighted by molar-refractivity contribution is -0.125. The standard InChI is InChI=1S/C23H24N4O2S/c1-15(2)12-19-22(29)27-21(25-19)17-10-6-7-11-18(17)26-23(27)30-14-20(28)24-13-16-8-4-3-5-9-16/h3-11,15,19H,12-14H2,1-2H3,(H,24,28)/t19-/m0/s1. The zero-order valence-corrected chi connectivity index (χ0v) is 17.9. The number of thioether (sulfide) groups is 1. The summed E-state index contributed by atoms with van der Waals surface area (Å²) in [6, 6.07) is 17.0. The second-order valence-electron chi connectivity index (χ2n) is 7.73. The first kappa shape index (κ1) is 20.3. The highest BCUT2D eigenvalue weighted by Gasteiger charge is 2.41. The van der Waals surface area contributed by atoms with E-state index in [1.165, 1.54) is 11.8 Å². The number of amides is 2. The van der Waals surface area contributed by atoms with Crippen molar-refractivity contribution in [3.63, 3.8) is 0 Å². The van der Waals surface area contributed by atoms with Gasteiger partial charge < -0.3 is 5.32 Å². The van der Waals surface area contributed by atoms with Crippen molar-refractivity contribution >= 4 is 40.3 Å². The molecule has 4 rings (SSSR count). The normalized spacial score (nSPS) is 17.4. The van der Waals surface area contributed by atoms with E-state index in [2.05, 4.69) is 24.2 Å². The highest BCUT2D eigenvalue weighted by Crippen LogP contribution is 2.34. The van der Waals surface area contributed by atoms with Crippen LogP contribution in [0, 0.1) is 5.92 Å². The summed E-state index contributed by atoms with van der Waals surface area (Å²) in [6.07, 6.45) is 0.691. The molecule has 30 heavy (non-hydrogen) atoms. The van der Waals surface area contributed by atoms with Gasteiger partial charge in [0.1, 0.15) is 11.9 Å². The number of benzene rings is 2. The maximum atomic E-state index is 13.1. The Balaban J connectivity index is 1.49. The fourth-order valence-electron chi connectivity index (χ4n) is 3.48. The average molecular weight is 421 g/mol. The highest BCUT2D eigenvalue weighted by molar-refractivity contribution is 8.14. The fourth-order valence-corrected chi connectivity index (χ4v) is 4.31. The minimum absolute atomic E-state index is 0.0656. The molecule has 154 valence electrons. The Morgan fingerprint density at radius 3 is 2.63 bits per heavy atom. The van der Waals surface area contributed by atoms with E-state index in [1.807, 2.05) is 54.6 Å². The molecular formula is C23H24N4O2S. The van der Waals surface area contributed by atoms with Crippen LogP contribution < -0.4 is 5.32 Å². The van der Waals surface area contributed by atoms with Gasteiger partial charge in [0, 0.05) is 12.1 Å². The van der Waals surface area contributed by atoms with Crippen LogP contribution in [0.2, 0.25) is 0 Å². The van der Waals surface area contributed by atoms with Crippen LogP contribution in [0.25, 0.3) is 0 Å². The van der Waals surface area contributed by atoms with E-state index in [1.54, 1.807) is 4.90 Å². The van der Waals surface area contributed by atoms with Crippen LogP contribution in [0.1, 0.15) is 31.4 Å². The van der Waals surface area contributed by atoms with Crippen molar-refractivity contribution in [2.75, 3.05) is 5.75 Å². The first-order valence-corrected chi connectivity index (χ1v) is 11.0. The summed E-state index contributed by atoms with van der Waals surface area (Å²) in [6.45, 7) is 4.64. The number of nitrogens with zero attached hydrogens (tertiary/aromatic N) is 3. The average Bonchev–Trinajstić information content (AvgIpc) is 3.07. The van der Waals surface area contributed by atoms with Crippen LogP contribution in [-0.2, 0) is 16.1 Å². The second kappa shape index (κ2) is 8.83. The molecule has 0 saturated heterocycles. The van der Waals surface area contributed by atoms with Crippen molar-refractivity contribution in [1.82, 2.24) is 10.2 Å². The number of hydrogen-bond acceptors (Lipinski definition) is 5. The monoisotopic (exact) mass is 420 g/mol. The third kappa shape index (κ3) is 4.31. The van der Waals surface area contributed by atoms with Gasteiger partial charge in [-0.05, 0) is 30.0 Å². The molecule has 2 aromatic rings. The number of carbonyl (C=O) groups excluding carboxylic acids is 2. The van der Waals surface area contributed by atoms with Crippen molar-refractivity contribution in [2.45, 2.75) is 32.9 Å². The van der Waals surface area contributed by atoms with Crippen molar-refractivity contribution in [3.8, 4) is 0 Å². The van der Waals surface area contributed by atoms with Crippen LogP contribution in [0.3, 0.4) is 0 Å². The number of fused-ring (bicyclic) bond motifs is 3. The molecule has 0 saturated carbocycles. The van der Waals surface area contributed by atoms with Crippen LogP contribution in [0.5, 0.6) is 0 Å². The zero-order chi connectivity index (χ0) is 21.1. The maximum Gasteiger partial charge on any atom is 0.259 e. The Hall–Kier alpha value is -2.93. The van der Waals surface area contributed by atoms with E-state index in [0.717, 1.165) is 16.8 Å². The summed E-state index contributed by atoms with van der Waals surface area (Å²) in [5, 5.41) is 3.43. The quantitative estimate of drug-likeness (QED) is 0.774. The van der Waals surface area contributed by atoms with E-state index in [-0.39, 0.29) is 17.6 Å². The Labute approximate surface area is 180 Å². The first-order valence-electron chi connectivity index (χ1n) is 10.1. The Morgan fingerprint density at radius 1 is 1.13 bits per heavy atom. The lowest BCUT2D eigenvalue weighted by Crippen LogP contribution is -2.41. The Kier molecular flexibility index (Phi) is 5.99. The van der Waals surface area contributed by atoms with Crippen molar-refractivity contribution in [3.05, 3.63) is 65.7 Å². The van der Waals surface area contributed by atoms with Crippen LogP contribution in [0.15, 0.2) is 64.6 Å². The van der Waals surface area contributed by atoms with Crippen molar-refractivity contribution < 1.29 is 9.59 Å². The summed E-state index contributed by atoms with van der Waals surface area (Å²) in [5.74, 6) is 1.01. The van der Waals surface area contributed by atoms with E-state index >= 15 is 0 Å². The lowest BCUT2D eigenvalue weighted by atomic mass is 10.0. The molecule has 2 heterocycles. The molecule has 0 unspecified atom stereocenters. The Morgan fingerprint density at radius 2 is 1.87 bits per heavy atom. The number of hydrogen-bond donors (Lipinski definition) is 1. The predicted octanol–water partition coefficient (Wildman–Crippen LogP) is 3.74. The van der Waals surface area contributed by atoms with Gasteiger partial charge in [-0.25, -0.2) is 9.89 Å². The van der Waals surface area contributed by atoms with Crippen molar-refractivity contribution in [2.24, 2.45) is 15.9 Å². The van der Waals surface area contributed by atoms with Gasteiger partial charge in [-0.3, -0.25) is 14.6 Å². The van der Waals surface area contributed by atoms with E-state index in [4.69, 9.17) is 4.99 Å². The first-order chi connectivity index (χ1) is 14.5. The molecule has 2 aliphatic heterocycles. The predicted molar refractivity (Wildman–Crippen MR) is 121 cm³/mol. The summed E-state index contributed by atoms with van der Waals surface area (Å²) in [5.41, 5.74) is 2.67. The summed E-state index contributed by atoms with van der Waals surface area (Å²) in [4.78, 5) is 36.4. The number of carbonyl (C=O) groups is 2. The topological polar surface area (TPSA) is 74.1 Å². The number of amidine groups is 2. The van der Waals surface area contributed by atoms with E-state index < -0.39 is 6.04 Å². The molecule has 1 N–H and O–H groups in total. The molecule has 0 fully saturated rings. The molecular weight excluding hydrogens is 396 g/mol. The second-order valence-corrected chi connectivity index (χ2v) is 8.68. The molecule has 2 amide bonds. The number of para-hydroxylation sites is 1. The molecule has 2 aromatic carbocycles. The molecule has 6 nitrogen and oxygen atoms in total. The van der Waals surface area contributed by atoms with Gasteiger partial charge in [0.2, 0.25) is 5.91 Å². The van der Waals surface area contributed by atoms with Crippen LogP contribution >= 0.6 is 11.8 Å². The zero-order valence-electron chi connectivity index (χ0n) is 17.0. The van der Waals surface area contributed by atoms with Crippen LogP contribution in [0.4, 0.5) is 5.69 Å². The number of nitrogens with one attached hydrogen (secondary N) is 1. The van der Waals surface area contributed by atoms with Gasteiger partial charge in [0.15, 0.2) is 5.17 Å². The minimum atomic E-state index is -0.399. The van der Waals surface area contributed by atoms with Gasteiger partial charge in [0.05, 0.1) is 11.4 Å². The highest BCUT2D eigenvalue weighted by atomic mass is 32.2. The smallest absolute Gasteiger partial charge is 0.259 e. The van der Waals surface area contributed by atoms with E-state index in [9.17, 15) is 9.59 Å². The van der Waals surface area contributed by atoms with E-state index in [0.29, 0.717) is 29.9 Å². The van der Waals surface area contributed by atoms with Gasteiger partial charge in [-0.1, -0.05) is 68.1 Å². The number of rotatable bonds is 6. The number of aliphatic imine (C=N–C) groups is 2. The molecule has 0 spiro atoms. The Bertz CT molecular complexity index is 1020. The minimum Gasteiger partial charge on any atom is -0.351 e. The molecule has 0 radical (unpaired) electrons. The largest absolute Gasteiger partial charge is 0.351 e. The van der Waals surface area contributed by atoms with Gasteiger partial charge in [-0.2, -0.15) is 0 Å². The maximum absolute atomic E-state index is 13.1. The lowest BCUT2D eigenvalue weighted by Gasteiger charge is -2.25.